The van der Waals surface area contributed by atoms with Crippen molar-refractivity contribution in [3.05, 3.63) is 48.0 Å². The van der Waals surface area contributed by atoms with Crippen molar-refractivity contribution in [1.82, 2.24) is 20.1 Å². The molecule has 0 radical (unpaired) electrons. The standard InChI is InChI=1S/C14H14N6OS/c15-13-17-12(18-14(16)19-13)8-22-7-10-6-11(20-21-10)9-4-2-1-3-5-9/h1-6H,7-8H2,(H4,15,16,17,18,19). The predicted octanol–water partition coefficient (Wildman–Crippen LogP) is 2.12. The molecule has 0 bridgehead atoms. The van der Waals surface area contributed by atoms with Gasteiger partial charge in [0, 0.05) is 11.6 Å². The Bertz CT molecular complexity index is 741. The molecule has 0 unspecified atom stereocenters. The molecule has 22 heavy (non-hydrogen) atoms. The van der Waals surface area contributed by atoms with Crippen LogP contribution in [0, 0.1) is 0 Å². The highest BCUT2D eigenvalue weighted by molar-refractivity contribution is 7.97. The van der Waals surface area contributed by atoms with E-state index in [9.17, 15) is 0 Å². The minimum Gasteiger partial charge on any atom is -0.368 e. The average Bonchev–Trinajstić information content (AvgIpc) is 2.96. The number of rotatable bonds is 5. The Morgan fingerprint density at radius 2 is 1.68 bits per heavy atom. The Morgan fingerprint density at radius 1 is 0.955 bits per heavy atom. The van der Waals surface area contributed by atoms with Crippen molar-refractivity contribution in [2.45, 2.75) is 11.5 Å². The second kappa shape index (κ2) is 6.44. The molecule has 7 nitrogen and oxygen atoms in total. The van der Waals surface area contributed by atoms with E-state index in [1.165, 1.54) is 0 Å². The molecule has 0 saturated carbocycles. The summed E-state index contributed by atoms with van der Waals surface area (Å²) in [4.78, 5) is 11.8. The van der Waals surface area contributed by atoms with Gasteiger partial charge in [-0.15, -0.1) is 11.8 Å². The zero-order valence-electron chi connectivity index (χ0n) is 11.6. The Morgan fingerprint density at radius 3 is 2.41 bits per heavy atom. The molecule has 0 fully saturated rings. The molecule has 0 saturated heterocycles. The zero-order valence-corrected chi connectivity index (χ0v) is 12.5. The molecule has 2 aromatic heterocycles. The molecule has 0 aliphatic rings. The predicted molar refractivity (Wildman–Crippen MR) is 85.6 cm³/mol. The second-order valence-corrected chi connectivity index (χ2v) is 5.49. The highest BCUT2D eigenvalue weighted by Crippen LogP contribution is 2.22. The Kier molecular flexibility index (Phi) is 4.19. The van der Waals surface area contributed by atoms with Crippen LogP contribution in [0.15, 0.2) is 40.9 Å². The van der Waals surface area contributed by atoms with Gasteiger partial charge in [0.05, 0.1) is 11.5 Å². The maximum absolute atomic E-state index is 5.53. The monoisotopic (exact) mass is 314 g/mol. The van der Waals surface area contributed by atoms with Gasteiger partial charge in [0.1, 0.15) is 17.3 Å². The number of hydrogen-bond acceptors (Lipinski definition) is 8. The van der Waals surface area contributed by atoms with Crippen LogP contribution in [0.2, 0.25) is 0 Å². The molecular formula is C14H14N6OS. The minimum atomic E-state index is 0.133. The van der Waals surface area contributed by atoms with Gasteiger partial charge in [0.2, 0.25) is 11.9 Å². The van der Waals surface area contributed by atoms with Crippen LogP contribution in [0.5, 0.6) is 0 Å². The highest BCUT2D eigenvalue weighted by Gasteiger charge is 2.07. The van der Waals surface area contributed by atoms with Crippen molar-refractivity contribution >= 4 is 23.7 Å². The number of nitrogens with zero attached hydrogens (tertiary/aromatic N) is 4. The van der Waals surface area contributed by atoms with Crippen LogP contribution in [0.25, 0.3) is 11.3 Å². The van der Waals surface area contributed by atoms with E-state index in [2.05, 4.69) is 20.1 Å². The molecule has 8 heteroatoms. The molecule has 112 valence electrons. The van der Waals surface area contributed by atoms with E-state index >= 15 is 0 Å². The number of nitrogen functional groups attached to an aromatic ring is 2. The molecular weight excluding hydrogens is 300 g/mol. The van der Waals surface area contributed by atoms with E-state index in [0.29, 0.717) is 17.3 Å². The third-order valence-corrected chi connectivity index (χ3v) is 3.77. The van der Waals surface area contributed by atoms with Gasteiger partial charge >= 0.3 is 0 Å². The molecule has 0 spiro atoms. The van der Waals surface area contributed by atoms with Crippen LogP contribution in [-0.2, 0) is 11.5 Å². The van der Waals surface area contributed by atoms with Crippen molar-refractivity contribution in [3.8, 4) is 11.3 Å². The van der Waals surface area contributed by atoms with Crippen molar-refractivity contribution in [2.75, 3.05) is 11.5 Å². The van der Waals surface area contributed by atoms with Crippen LogP contribution in [0.4, 0.5) is 11.9 Å². The number of aromatic nitrogens is 4. The summed E-state index contributed by atoms with van der Waals surface area (Å²) in [6, 6.07) is 11.8. The van der Waals surface area contributed by atoms with E-state index in [4.69, 9.17) is 16.0 Å². The Hall–Kier alpha value is -2.61. The number of benzene rings is 1. The van der Waals surface area contributed by atoms with Crippen LogP contribution < -0.4 is 11.5 Å². The molecule has 2 heterocycles. The number of thioether (sulfide) groups is 1. The first-order valence-electron chi connectivity index (χ1n) is 6.55. The number of hydrogen-bond donors (Lipinski definition) is 2. The lowest BCUT2D eigenvalue weighted by Gasteiger charge is -2.00. The number of anilines is 2. The third-order valence-electron chi connectivity index (χ3n) is 2.82. The second-order valence-electron chi connectivity index (χ2n) is 4.51. The van der Waals surface area contributed by atoms with Gasteiger partial charge in [-0.1, -0.05) is 35.5 Å². The summed E-state index contributed by atoms with van der Waals surface area (Å²) in [5, 5.41) is 4.07. The van der Waals surface area contributed by atoms with Crippen LogP contribution >= 0.6 is 11.8 Å². The summed E-state index contributed by atoms with van der Waals surface area (Å²) < 4.78 is 5.33. The first kappa shape index (κ1) is 14.3. The summed E-state index contributed by atoms with van der Waals surface area (Å²) >= 11 is 1.59. The molecule has 4 N–H and O–H groups in total. The molecule has 0 atom stereocenters. The topological polar surface area (TPSA) is 117 Å². The number of nitrogens with two attached hydrogens (primary N) is 2. The molecule has 1 aromatic carbocycles. The van der Waals surface area contributed by atoms with Crippen molar-refractivity contribution in [3.63, 3.8) is 0 Å². The normalized spacial score (nSPS) is 10.7. The molecule has 3 aromatic rings. The van der Waals surface area contributed by atoms with Gasteiger partial charge in [0.25, 0.3) is 0 Å². The Labute approximate surface area is 131 Å². The van der Waals surface area contributed by atoms with E-state index in [1.807, 2.05) is 36.4 Å². The lowest BCUT2D eigenvalue weighted by molar-refractivity contribution is 0.397. The first-order valence-corrected chi connectivity index (χ1v) is 7.71. The fourth-order valence-electron chi connectivity index (χ4n) is 1.89. The summed E-state index contributed by atoms with van der Waals surface area (Å²) in [5.41, 5.74) is 12.9. The molecule has 0 aliphatic heterocycles. The smallest absolute Gasteiger partial charge is 0.225 e. The fraction of sp³-hybridized carbons (Fsp3) is 0.143. The first-order chi connectivity index (χ1) is 10.7. The van der Waals surface area contributed by atoms with Gasteiger partial charge in [-0.3, -0.25) is 0 Å². The van der Waals surface area contributed by atoms with Gasteiger partial charge in [-0.25, -0.2) is 0 Å². The van der Waals surface area contributed by atoms with Crippen LogP contribution in [0.3, 0.4) is 0 Å². The minimum absolute atomic E-state index is 0.133. The largest absolute Gasteiger partial charge is 0.368 e. The Balaban J connectivity index is 1.59. The zero-order chi connectivity index (χ0) is 15.4. The van der Waals surface area contributed by atoms with Gasteiger partial charge in [-0.2, -0.15) is 15.0 Å². The van der Waals surface area contributed by atoms with E-state index in [1.54, 1.807) is 11.8 Å². The van der Waals surface area contributed by atoms with Crippen LogP contribution in [0.1, 0.15) is 11.6 Å². The maximum Gasteiger partial charge on any atom is 0.225 e. The van der Waals surface area contributed by atoms with Gasteiger partial charge < -0.3 is 16.0 Å². The summed E-state index contributed by atoms with van der Waals surface area (Å²) in [6.07, 6.45) is 0. The summed E-state index contributed by atoms with van der Waals surface area (Å²) in [5.74, 6) is 2.84. The van der Waals surface area contributed by atoms with Crippen LogP contribution in [-0.4, -0.2) is 20.1 Å². The molecule has 0 amide bonds. The quantitative estimate of drug-likeness (QED) is 0.735. The fourth-order valence-corrected chi connectivity index (χ4v) is 2.64. The van der Waals surface area contributed by atoms with Gasteiger partial charge in [0.15, 0.2) is 0 Å². The van der Waals surface area contributed by atoms with E-state index < -0.39 is 0 Å². The molecule has 0 aliphatic carbocycles. The maximum atomic E-state index is 5.53. The lowest BCUT2D eigenvalue weighted by Crippen LogP contribution is -2.05. The van der Waals surface area contributed by atoms with Crippen molar-refractivity contribution in [1.29, 1.82) is 0 Å². The third kappa shape index (κ3) is 3.53. The van der Waals surface area contributed by atoms with Crippen molar-refractivity contribution in [2.24, 2.45) is 0 Å². The average molecular weight is 314 g/mol. The lowest BCUT2D eigenvalue weighted by atomic mass is 10.1. The summed E-state index contributed by atoms with van der Waals surface area (Å²) in [6.45, 7) is 0. The summed E-state index contributed by atoms with van der Waals surface area (Å²) in [7, 11) is 0. The SMILES string of the molecule is Nc1nc(N)nc(CSCc2cc(-c3ccccc3)no2)n1. The van der Waals surface area contributed by atoms with Gasteiger partial charge in [-0.05, 0) is 0 Å². The van der Waals surface area contributed by atoms with Crippen molar-refractivity contribution < 1.29 is 4.52 Å². The van der Waals surface area contributed by atoms with E-state index in [0.717, 1.165) is 17.0 Å². The molecule has 3 rings (SSSR count). The van der Waals surface area contributed by atoms with E-state index in [-0.39, 0.29) is 11.9 Å². The highest BCUT2D eigenvalue weighted by atomic mass is 32.2.